The van der Waals surface area contributed by atoms with Gasteiger partial charge in [-0.05, 0) is 6.92 Å². The van der Waals surface area contributed by atoms with Crippen molar-refractivity contribution in [3.8, 4) is 0 Å². The van der Waals surface area contributed by atoms with Crippen molar-refractivity contribution in [1.29, 1.82) is 0 Å². The molecule has 1 heterocycles. The van der Waals surface area contributed by atoms with Crippen LogP contribution in [0.25, 0.3) is 0 Å². The molecule has 2 atom stereocenters. The Labute approximate surface area is 107 Å². The van der Waals surface area contributed by atoms with Gasteiger partial charge in [-0.15, -0.1) is 0 Å². The van der Waals surface area contributed by atoms with Crippen molar-refractivity contribution in [2.75, 3.05) is 0 Å². The Kier molecular flexibility index (Phi) is 4.27. The molecule has 4 N–H and O–H groups in total. The topological polar surface area (TPSA) is 149 Å². The highest BCUT2D eigenvalue weighted by Gasteiger charge is 2.27. The summed E-state index contributed by atoms with van der Waals surface area (Å²) in [4.78, 5) is 36.0. The maximum Gasteiger partial charge on any atom is 0.325 e. The highest BCUT2D eigenvalue weighted by Crippen LogP contribution is 2.07. The molecule has 1 aromatic rings. The zero-order valence-corrected chi connectivity index (χ0v) is 10.9. The summed E-state index contributed by atoms with van der Waals surface area (Å²) in [6.07, 6.45) is 0.752. The lowest BCUT2D eigenvalue weighted by Crippen LogP contribution is -2.42. The third-order valence-corrected chi connectivity index (χ3v) is 4.12. The molecule has 0 aliphatic heterocycles. The number of sulfonamides is 1. The zero-order chi connectivity index (χ0) is 14.8. The third kappa shape index (κ3) is 3.51. The molecule has 9 nitrogen and oxygen atoms in total. The molecule has 0 aliphatic carbocycles. The SMILES string of the molecule is CC(NS(=O)(=O)c1c[nH]c(=O)[nH]c1=O)C(C)C(=O)O. The van der Waals surface area contributed by atoms with E-state index in [-0.39, 0.29) is 0 Å². The van der Waals surface area contributed by atoms with Crippen LogP contribution in [-0.2, 0) is 14.8 Å². The molecule has 0 aliphatic rings. The normalized spacial score (nSPS) is 14.8. The fourth-order valence-corrected chi connectivity index (χ4v) is 2.55. The van der Waals surface area contributed by atoms with Crippen LogP contribution in [0.1, 0.15) is 13.8 Å². The number of hydrogen-bond donors (Lipinski definition) is 4. The third-order valence-electron chi connectivity index (χ3n) is 2.56. The van der Waals surface area contributed by atoms with Crippen LogP contribution < -0.4 is 16.0 Å². The van der Waals surface area contributed by atoms with E-state index in [9.17, 15) is 22.8 Å². The number of carboxylic acids is 1. The molecule has 0 spiro atoms. The summed E-state index contributed by atoms with van der Waals surface area (Å²) in [5.41, 5.74) is -1.91. The van der Waals surface area contributed by atoms with Crippen molar-refractivity contribution in [1.82, 2.24) is 14.7 Å². The number of H-pyrrole nitrogens is 2. The number of nitrogens with one attached hydrogen (secondary N) is 3. The van der Waals surface area contributed by atoms with Crippen LogP contribution in [0.15, 0.2) is 20.7 Å². The monoisotopic (exact) mass is 291 g/mol. The van der Waals surface area contributed by atoms with Crippen LogP contribution in [0.5, 0.6) is 0 Å². The average Bonchev–Trinajstić information content (AvgIpc) is 2.26. The molecule has 0 fully saturated rings. The van der Waals surface area contributed by atoms with Gasteiger partial charge in [-0.1, -0.05) is 6.92 Å². The minimum atomic E-state index is -4.21. The molecule has 0 amide bonds. The van der Waals surface area contributed by atoms with Crippen molar-refractivity contribution in [3.63, 3.8) is 0 Å². The Morgan fingerprint density at radius 3 is 2.42 bits per heavy atom. The highest BCUT2D eigenvalue weighted by atomic mass is 32.2. The van der Waals surface area contributed by atoms with E-state index in [4.69, 9.17) is 5.11 Å². The Hall–Kier alpha value is -1.94. The minimum absolute atomic E-state index is 0.684. The van der Waals surface area contributed by atoms with Gasteiger partial charge >= 0.3 is 11.7 Å². The fraction of sp³-hybridized carbons (Fsp3) is 0.444. The molecule has 106 valence electrons. The average molecular weight is 291 g/mol. The van der Waals surface area contributed by atoms with E-state index in [2.05, 4.69) is 4.72 Å². The first-order valence-corrected chi connectivity index (χ1v) is 6.70. The first-order chi connectivity index (χ1) is 8.65. The van der Waals surface area contributed by atoms with Gasteiger partial charge in [-0.2, -0.15) is 0 Å². The number of aromatic nitrogens is 2. The molecular formula is C9H13N3O6S. The molecule has 10 heteroatoms. The van der Waals surface area contributed by atoms with Gasteiger partial charge in [0.15, 0.2) is 4.90 Å². The van der Waals surface area contributed by atoms with Gasteiger partial charge < -0.3 is 10.1 Å². The van der Waals surface area contributed by atoms with Crippen LogP contribution in [0.2, 0.25) is 0 Å². The summed E-state index contributed by atoms with van der Waals surface area (Å²) in [6.45, 7) is 2.68. The Balaban J connectivity index is 3.09. The molecule has 1 rings (SSSR count). The molecule has 0 saturated carbocycles. The molecule has 0 saturated heterocycles. The second-order valence-corrected chi connectivity index (χ2v) is 5.66. The number of hydrogen-bond acceptors (Lipinski definition) is 5. The summed E-state index contributed by atoms with van der Waals surface area (Å²) >= 11 is 0. The number of aromatic amines is 2. The summed E-state index contributed by atoms with van der Waals surface area (Å²) in [7, 11) is -4.21. The zero-order valence-electron chi connectivity index (χ0n) is 10.1. The van der Waals surface area contributed by atoms with E-state index in [1.807, 2.05) is 4.98 Å². The van der Waals surface area contributed by atoms with E-state index < -0.39 is 44.1 Å². The van der Waals surface area contributed by atoms with E-state index in [1.54, 1.807) is 4.98 Å². The predicted octanol–water partition coefficient (Wildman–Crippen LogP) is -1.55. The molecule has 0 aromatic carbocycles. The summed E-state index contributed by atoms with van der Waals surface area (Å²) < 4.78 is 25.8. The predicted molar refractivity (Wildman–Crippen MR) is 64.3 cm³/mol. The maximum absolute atomic E-state index is 11.9. The van der Waals surface area contributed by atoms with Crippen LogP contribution in [-0.4, -0.2) is 35.5 Å². The lowest BCUT2D eigenvalue weighted by atomic mass is 10.1. The van der Waals surface area contributed by atoms with Crippen molar-refractivity contribution >= 4 is 16.0 Å². The van der Waals surface area contributed by atoms with Gasteiger partial charge in [0, 0.05) is 12.2 Å². The second-order valence-electron chi connectivity index (χ2n) is 3.97. The Morgan fingerprint density at radius 1 is 1.37 bits per heavy atom. The molecular weight excluding hydrogens is 278 g/mol. The Bertz CT molecular complexity index is 688. The van der Waals surface area contributed by atoms with Gasteiger partial charge in [0.2, 0.25) is 10.0 Å². The van der Waals surface area contributed by atoms with Crippen molar-refractivity contribution in [3.05, 3.63) is 27.0 Å². The largest absolute Gasteiger partial charge is 0.481 e. The number of carboxylic acid groups (broad SMARTS) is 1. The summed E-state index contributed by atoms with van der Waals surface area (Å²) in [6, 6.07) is -0.922. The highest BCUT2D eigenvalue weighted by molar-refractivity contribution is 7.89. The molecule has 19 heavy (non-hydrogen) atoms. The van der Waals surface area contributed by atoms with Gasteiger partial charge in [0.05, 0.1) is 5.92 Å². The van der Waals surface area contributed by atoms with Crippen molar-refractivity contribution in [2.24, 2.45) is 5.92 Å². The number of aliphatic carboxylic acids is 1. The van der Waals surface area contributed by atoms with E-state index >= 15 is 0 Å². The number of rotatable bonds is 5. The molecule has 1 aromatic heterocycles. The van der Waals surface area contributed by atoms with Crippen LogP contribution in [0.3, 0.4) is 0 Å². The fourth-order valence-electron chi connectivity index (χ4n) is 1.22. The van der Waals surface area contributed by atoms with E-state index in [0.29, 0.717) is 0 Å². The van der Waals surface area contributed by atoms with E-state index in [1.165, 1.54) is 13.8 Å². The van der Waals surface area contributed by atoms with Crippen LogP contribution >= 0.6 is 0 Å². The molecule has 2 unspecified atom stereocenters. The molecule has 0 bridgehead atoms. The standard InChI is InChI=1S/C9H13N3O6S/c1-4(8(14)15)5(2)12-19(17,18)6-3-10-9(16)11-7(6)13/h3-5,12H,1-2H3,(H,14,15)(H2,10,11,13,16). The summed E-state index contributed by atoms with van der Waals surface area (Å²) in [5.74, 6) is -2.15. The lowest BCUT2D eigenvalue weighted by molar-refractivity contribution is -0.141. The van der Waals surface area contributed by atoms with Gasteiger partial charge in [0.1, 0.15) is 0 Å². The maximum atomic E-state index is 11.9. The number of carbonyl (C=O) groups is 1. The smallest absolute Gasteiger partial charge is 0.325 e. The first-order valence-electron chi connectivity index (χ1n) is 5.22. The van der Waals surface area contributed by atoms with Gasteiger partial charge in [-0.3, -0.25) is 14.6 Å². The van der Waals surface area contributed by atoms with Crippen molar-refractivity contribution < 1.29 is 18.3 Å². The lowest BCUT2D eigenvalue weighted by Gasteiger charge is -2.17. The van der Waals surface area contributed by atoms with Crippen LogP contribution in [0.4, 0.5) is 0 Å². The van der Waals surface area contributed by atoms with Crippen LogP contribution in [0, 0.1) is 5.92 Å². The Morgan fingerprint density at radius 2 is 1.95 bits per heavy atom. The van der Waals surface area contributed by atoms with Crippen molar-refractivity contribution in [2.45, 2.75) is 24.8 Å². The second kappa shape index (κ2) is 5.36. The minimum Gasteiger partial charge on any atom is -0.481 e. The quantitative estimate of drug-likeness (QED) is 0.516. The van der Waals surface area contributed by atoms with Gasteiger partial charge in [0.25, 0.3) is 5.56 Å². The summed E-state index contributed by atoms with van der Waals surface area (Å²) in [5, 5.41) is 8.76. The van der Waals surface area contributed by atoms with Gasteiger partial charge in [-0.25, -0.2) is 17.9 Å². The first kappa shape index (κ1) is 15.1. The van der Waals surface area contributed by atoms with E-state index in [0.717, 1.165) is 6.20 Å². The molecule has 0 radical (unpaired) electrons.